The standard InChI is InChI=1S/C26H46O3S.Na/c1-3-5-7-9-11-12-14-17-21-25(20-16-13-10-8-6-4-2)24-29-30(27,28)26-22-18-15-19-23-26;/h15,18-19,22-23,25H,3-14,16-17,20-21,24H2,1-2H3;. The summed E-state index contributed by atoms with van der Waals surface area (Å²) >= 11 is 0. The van der Waals surface area contributed by atoms with E-state index in [2.05, 4.69) is 13.8 Å². The van der Waals surface area contributed by atoms with Gasteiger partial charge in [-0.3, -0.25) is 4.18 Å². The molecule has 5 heteroatoms. The third kappa shape index (κ3) is 16.4. The minimum absolute atomic E-state index is 0. The Morgan fingerprint density at radius 2 is 1.10 bits per heavy atom. The molecule has 0 saturated carbocycles. The summed E-state index contributed by atoms with van der Waals surface area (Å²) in [5.74, 6) is 0.342. The quantitative estimate of drug-likeness (QED) is 0.113. The Morgan fingerprint density at radius 1 is 0.677 bits per heavy atom. The number of benzene rings is 1. The Morgan fingerprint density at radius 3 is 1.55 bits per heavy atom. The van der Waals surface area contributed by atoms with Crippen LogP contribution in [-0.4, -0.2) is 44.6 Å². The van der Waals surface area contributed by atoms with Gasteiger partial charge < -0.3 is 0 Å². The van der Waals surface area contributed by atoms with Gasteiger partial charge in [0.25, 0.3) is 10.1 Å². The molecule has 31 heavy (non-hydrogen) atoms. The first kappa shape index (κ1) is 31.1. The van der Waals surface area contributed by atoms with Crippen LogP contribution in [0.3, 0.4) is 0 Å². The summed E-state index contributed by atoms with van der Waals surface area (Å²) in [7, 11) is -3.65. The van der Waals surface area contributed by atoms with Crippen molar-refractivity contribution in [1.82, 2.24) is 0 Å². The predicted molar refractivity (Wildman–Crippen MR) is 134 cm³/mol. The summed E-state index contributed by atoms with van der Waals surface area (Å²) in [6.45, 7) is 4.82. The van der Waals surface area contributed by atoms with E-state index in [1.807, 2.05) is 6.07 Å². The van der Waals surface area contributed by atoms with Crippen LogP contribution in [0.4, 0.5) is 0 Å². The van der Waals surface area contributed by atoms with Crippen molar-refractivity contribution in [3.63, 3.8) is 0 Å². The molecule has 1 aromatic rings. The SMILES string of the molecule is CCCCCCCCCCC(CCCCCCCC)COS(=O)(=O)c1ccccc1.[Na]. The van der Waals surface area contributed by atoms with E-state index in [-0.39, 0.29) is 34.5 Å². The van der Waals surface area contributed by atoms with Crippen molar-refractivity contribution in [2.45, 2.75) is 121 Å². The van der Waals surface area contributed by atoms with Crippen LogP contribution < -0.4 is 0 Å². The third-order valence-electron chi connectivity index (χ3n) is 5.92. The molecule has 0 amide bonds. The molecule has 0 N–H and O–H groups in total. The molecule has 0 aliphatic heterocycles. The monoisotopic (exact) mass is 461 g/mol. The number of hydrogen-bond acceptors (Lipinski definition) is 3. The Balaban J connectivity index is 0.00000900. The maximum absolute atomic E-state index is 12.5. The van der Waals surface area contributed by atoms with Gasteiger partial charge in [-0.1, -0.05) is 122 Å². The fourth-order valence-electron chi connectivity index (χ4n) is 3.93. The fourth-order valence-corrected chi connectivity index (χ4v) is 4.93. The van der Waals surface area contributed by atoms with Crippen LogP contribution >= 0.6 is 0 Å². The first-order chi connectivity index (χ1) is 14.6. The second-order valence-corrected chi connectivity index (χ2v) is 10.4. The van der Waals surface area contributed by atoms with Crippen LogP contribution in [-0.2, 0) is 14.3 Å². The second-order valence-electron chi connectivity index (χ2n) is 8.74. The zero-order valence-electron chi connectivity index (χ0n) is 20.6. The van der Waals surface area contributed by atoms with Crippen LogP contribution in [0.2, 0.25) is 0 Å². The topological polar surface area (TPSA) is 43.4 Å². The molecule has 1 aromatic carbocycles. The van der Waals surface area contributed by atoms with Gasteiger partial charge in [0, 0.05) is 29.6 Å². The number of rotatable bonds is 20. The average molecular weight is 462 g/mol. The van der Waals surface area contributed by atoms with Gasteiger partial charge in [-0.25, -0.2) is 0 Å². The van der Waals surface area contributed by atoms with Crippen molar-refractivity contribution in [2.24, 2.45) is 5.92 Å². The molecule has 0 aliphatic rings. The van der Waals surface area contributed by atoms with Crippen molar-refractivity contribution in [3.8, 4) is 0 Å². The Kier molecular flexibility index (Phi) is 20.8. The van der Waals surface area contributed by atoms with Gasteiger partial charge in [0.15, 0.2) is 0 Å². The zero-order valence-corrected chi connectivity index (χ0v) is 23.4. The molecule has 0 heterocycles. The van der Waals surface area contributed by atoms with Crippen molar-refractivity contribution in [1.29, 1.82) is 0 Å². The number of hydrogen-bond donors (Lipinski definition) is 0. The molecule has 0 bridgehead atoms. The van der Waals surface area contributed by atoms with E-state index in [9.17, 15) is 8.42 Å². The Bertz CT molecular complexity index is 604. The first-order valence-corrected chi connectivity index (χ1v) is 14.0. The molecular formula is C26H46NaO3S. The van der Waals surface area contributed by atoms with E-state index in [0.29, 0.717) is 12.5 Å². The fraction of sp³-hybridized carbons (Fsp3) is 0.769. The minimum Gasteiger partial charge on any atom is -0.266 e. The summed E-state index contributed by atoms with van der Waals surface area (Å²) < 4.78 is 30.4. The van der Waals surface area contributed by atoms with Gasteiger partial charge >= 0.3 is 0 Å². The predicted octanol–water partition coefficient (Wildman–Crippen LogP) is 7.91. The Hall–Kier alpha value is 0.130. The van der Waals surface area contributed by atoms with Crippen LogP contribution in [0.15, 0.2) is 35.2 Å². The molecule has 3 nitrogen and oxygen atoms in total. The summed E-state index contributed by atoms with van der Waals surface area (Å²) in [6.07, 6.45) is 20.2. The van der Waals surface area contributed by atoms with Crippen LogP contribution in [0.1, 0.15) is 117 Å². The maximum Gasteiger partial charge on any atom is 0.296 e. The molecule has 0 aliphatic carbocycles. The third-order valence-corrected chi connectivity index (χ3v) is 7.22. The average Bonchev–Trinajstić information content (AvgIpc) is 2.76. The van der Waals surface area contributed by atoms with Gasteiger partial charge in [0.1, 0.15) is 0 Å². The summed E-state index contributed by atoms with van der Waals surface area (Å²) in [6, 6.07) is 8.52. The van der Waals surface area contributed by atoms with Gasteiger partial charge in [-0.2, -0.15) is 8.42 Å². The molecule has 0 spiro atoms. The van der Waals surface area contributed by atoms with Gasteiger partial charge in [0.05, 0.1) is 11.5 Å². The van der Waals surface area contributed by atoms with Crippen molar-refractivity contribution in [2.75, 3.05) is 6.61 Å². The minimum atomic E-state index is -3.65. The van der Waals surface area contributed by atoms with Gasteiger partial charge in [-0.15, -0.1) is 0 Å². The second kappa shape index (κ2) is 20.7. The van der Waals surface area contributed by atoms with Crippen molar-refractivity contribution in [3.05, 3.63) is 30.3 Å². The van der Waals surface area contributed by atoms with Gasteiger partial charge in [-0.05, 0) is 30.9 Å². The molecule has 1 atom stereocenters. The van der Waals surface area contributed by atoms with Crippen molar-refractivity contribution < 1.29 is 12.6 Å². The van der Waals surface area contributed by atoms with Crippen LogP contribution in [0.5, 0.6) is 0 Å². The van der Waals surface area contributed by atoms with Crippen LogP contribution in [0.25, 0.3) is 0 Å². The molecule has 1 unspecified atom stereocenters. The molecule has 0 fully saturated rings. The van der Waals surface area contributed by atoms with E-state index in [0.717, 1.165) is 12.8 Å². The van der Waals surface area contributed by atoms with Gasteiger partial charge in [0.2, 0.25) is 0 Å². The molecule has 1 rings (SSSR count). The van der Waals surface area contributed by atoms with E-state index in [1.54, 1.807) is 24.3 Å². The maximum atomic E-state index is 12.5. The van der Waals surface area contributed by atoms with Crippen molar-refractivity contribution >= 4 is 39.7 Å². The Labute approximate surface area is 215 Å². The largest absolute Gasteiger partial charge is 0.296 e. The summed E-state index contributed by atoms with van der Waals surface area (Å²) in [4.78, 5) is 0.260. The molecule has 175 valence electrons. The van der Waals surface area contributed by atoms with E-state index < -0.39 is 10.1 Å². The summed E-state index contributed by atoms with van der Waals surface area (Å²) in [5.41, 5.74) is 0. The summed E-state index contributed by atoms with van der Waals surface area (Å²) in [5, 5.41) is 0. The van der Waals surface area contributed by atoms with E-state index >= 15 is 0 Å². The normalized spacial score (nSPS) is 12.5. The molecule has 1 radical (unpaired) electrons. The smallest absolute Gasteiger partial charge is 0.266 e. The first-order valence-electron chi connectivity index (χ1n) is 12.5. The zero-order chi connectivity index (χ0) is 21.9. The molecule has 0 saturated heterocycles. The van der Waals surface area contributed by atoms with E-state index in [4.69, 9.17) is 4.18 Å². The number of unbranched alkanes of at least 4 members (excludes halogenated alkanes) is 12. The molecule has 0 aromatic heterocycles. The van der Waals surface area contributed by atoms with E-state index in [1.165, 1.54) is 89.9 Å². The molecular weight excluding hydrogens is 415 g/mol. The van der Waals surface area contributed by atoms with Crippen LogP contribution in [0, 0.1) is 5.92 Å².